The van der Waals surface area contributed by atoms with Crippen LogP contribution in [0.4, 0.5) is 13.2 Å². The molecule has 1 fully saturated rings. The number of alkyl halides is 3. The van der Waals surface area contributed by atoms with Gasteiger partial charge in [0.05, 0.1) is 11.5 Å². The fraction of sp³-hybridized carbons (Fsp3) is 0.529. The molecule has 2 rings (SSSR count). The van der Waals surface area contributed by atoms with E-state index >= 15 is 0 Å². The van der Waals surface area contributed by atoms with Crippen LogP contribution in [0.25, 0.3) is 0 Å². The smallest absolute Gasteiger partial charge is 0.416 e. The Balaban J connectivity index is 1.86. The third kappa shape index (κ3) is 4.72. The van der Waals surface area contributed by atoms with Gasteiger partial charge in [-0.1, -0.05) is 19.1 Å². The van der Waals surface area contributed by atoms with Crippen molar-refractivity contribution in [3.05, 3.63) is 35.4 Å². The number of hydrogen-bond donors (Lipinski definition) is 2. The van der Waals surface area contributed by atoms with E-state index in [0.29, 0.717) is 24.8 Å². The number of carboxylic acids is 1. The Morgan fingerprint density at radius 1 is 1.25 bits per heavy atom. The summed E-state index contributed by atoms with van der Waals surface area (Å²) in [4.78, 5) is 22.9. The van der Waals surface area contributed by atoms with E-state index in [4.69, 9.17) is 5.11 Å². The molecule has 1 unspecified atom stereocenters. The van der Waals surface area contributed by atoms with E-state index in [1.807, 2.05) is 0 Å². The summed E-state index contributed by atoms with van der Waals surface area (Å²) >= 11 is 0. The molecule has 1 saturated carbocycles. The van der Waals surface area contributed by atoms with Crippen molar-refractivity contribution in [3.8, 4) is 0 Å². The molecule has 0 radical (unpaired) electrons. The normalized spacial score (nSPS) is 22.2. The van der Waals surface area contributed by atoms with E-state index in [1.165, 1.54) is 12.1 Å². The second-order valence-electron chi connectivity index (χ2n) is 6.34. The van der Waals surface area contributed by atoms with Crippen molar-refractivity contribution in [1.82, 2.24) is 5.32 Å². The molecule has 0 bridgehead atoms. The van der Waals surface area contributed by atoms with E-state index in [2.05, 4.69) is 5.32 Å². The Labute approximate surface area is 138 Å². The predicted octanol–water partition coefficient (Wildman–Crippen LogP) is 3.57. The Kier molecular flexibility index (Phi) is 5.51. The summed E-state index contributed by atoms with van der Waals surface area (Å²) in [6.45, 7) is 1.77. The average molecular weight is 343 g/mol. The van der Waals surface area contributed by atoms with Crippen LogP contribution < -0.4 is 5.32 Å². The number of nitrogens with one attached hydrogen (secondary N) is 1. The number of rotatable bonds is 5. The molecular formula is C17H20F3NO3. The molecule has 1 aliphatic carbocycles. The van der Waals surface area contributed by atoms with Gasteiger partial charge in [0.25, 0.3) is 0 Å². The Morgan fingerprint density at radius 2 is 1.88 bits per heavy atom. The van der Waals surface area contributed by atoms with E-state index in [-0.39, 0.29) is 24.3 Å². The zero-order valence-electron chi connectivity index (χ0n) is 13.3. The molecule has 7 heteroatoms. The topological polar surface area (TPSA) is 66.4 Å². The van der Waals surface area contributed by atoms with Crippen molar-refractivity contribution >= 4 is 11.9 Å². The molecule has 24 heavy (non-hydrogen) atoms. The summed E-state index contributed by atoms with van der Waals surface area (Å²) in [5.74, 6) is -1.69. The molecule has 132 valence electrons. The average Bonchev–Trinajstić information content (AvgIpc) is 2.95. The molecule has 2 N–H and O–H groups in total. The summed E-state index contributed by atoms with van der Waals surface area (Å²) in [6.07, 6.45) is -2.61. The van der Waals surface area contributed by atoms with Crippen molar-refractivity contribution in [2.45, 2.75) is 50.7 Å². The Hall–Kier alpha value is -2.05. The van der Waals surface area contributed by atoms with Gasteiger partial charge in [-0.05, 0) is 42.9 Å². The van der Waals surface area contributed by atoms with Crippen LogP contribution in [0.15, 0.2) is 24.3 Å². The largest absolute Gasteiger partial charge is 0.481 e. The highest BCUT2D eigenvalue weighted by Crippen LogP contribution is 2.31. The first kappa shape index (κ1) is 18.3. The van der Waals surface area contributed by atoms with Gasteiger partial charge in [0.15, 0.2) is 0 Å². The standard InChI is InChI=1S/C17H20F3NO3/c1-10(11-2-5-13(6-3-11)17(18,19)20)8-15(22)21-14-7-4-12(9-14)16(23)24/h2-3,5-6,10,12,14H,4,7-9H2,1H3,(H,21,22)(H,23,24)/t10?,12-,14+/m1/s1. The van der Waals surface area contributed by atoms with E-state index in [1.54, 1.807) is 6.92 Å². The van der Waals surface area contributed by atoms with Gasteiger partial charge in [-0.3, -0.25) is 9.59 Å². The summed E-state index contributed by atoms with van der Waals surface area (Å²) in [7, 11) is 0. The molecule has 0 spiro atoms. The SMILES string of the molecule is CC(CC(=O)N[C@H]1CC[C@@H](C(=O)O)C1)c1ccc(C(F)(F)F)cc1. The van der Waals surface area contributed by atoms with Crippen molar-refractivity contribution in [3.63, 3.8) is 0 Å². The number of aliphatic carboxylic acids is 1. The van der Waals surface area contributed by atoms with Gasteiger partial charge in [0, 0.05) is 12.5 Å². The third-order valence-electron chi connectivity index (χ3n) is 4.45. The van der Waals surface area contributed by atoms with Gasteiger partial charge in [0.2, 0.25) is 5.91 Å². The lowest BCUT2D eigenvalue weighted by Crippen LogP contribution is -2.33. The lowest BCUT2D eigenvalue weighted by Gasteiger charge is -2.16. The third-order valence-corrected chi connectivity index (χ3v) is 4.45. The number of carbonyl (C=O) groups is 2. The highest BCUT2D eigenvalue weighted by Gasteiger charge is 2.31. The lowest BCUT2D eigenvalue weighted by molar-refractivity contribution is -0.141. The zero-order valence-corrected chi connectivity index (χ0v) is 13.3. The first-order chi connectivity index (χ1) is 11.2. The molecule has 0 heterocycles. The molecule has 1 aromatic carbocycles. The molecule has 1 aromatic rings. The first-order valence-corrected chi connectivity index (χ1v) is 7.86. The number of amides is 1. The van der Waals surface area contributed by atoms with E-state index in [9.17, 15) is 22.8 Å². The highest BCUT2D eigenvalue weighted by molar-refractivity contribution is 5.77. The summed E-state index contributed by atoms with van der Waals surface area (Å²) in [5, 5.41) is 11.8. The number of carboxylic acid groups (broad SMARTS) is 1. The minimum atomic E-state index is -4.37. The summed E-state index contributed by atoms with van der Waals surface area (Å²) in [6, 6.07) is 4.66. The minimum Gasteiger partial charge on any atom is -0.481 e. The van der Waals surface area contributed by atoms with Crippen LogP contribution in [0, 0.1) is 5.92 Å². The van der Waals surface area contributed by atoms with Crippen LogP contribution in [-0.4, -0.2) is 23.0 Å². The van der Waals surface area contributed by atoms with Crippen LogP contribution in [0.1, 0.15) is 49.7 Å². The molecule has 1 amide bonds. The van der Waals surface area contributed by atoms with E-state index in [0.717, 1.165) is 12.1 Å². The van der Waals surface area contributed by atoms with Gasteiger partial charge >= 0.3 is 12.1 Å². The molecule has 0 aromatic heterocycles. The molecule has 0 saturated heterocycles. The summed E-state index contributed by atoms with van der Waals surface area (Å²) in [5.41, 5.74) is -0.0541. The minimum absolute atomic E-state index is 0.140. The maximum absolute atomic E-state index is 12.5. The summed E-state index contributed by atoms with van der Waals surface area (Å²) < 4.78 is 37.6. The molecule has 4 nitrogen and oxygen atoms in total. The van der Waals surface area contributed by atoms with Gasteiger partial charge in [-0.2, -0.15) is 13.2 Å². The maximum Gasteiger partial charge on any atom is 0.416 e. The number of benzene rings is 1. The number of halogens is 3. The Morgan fingerprint density at radius 3 is 2.38 bits per heavy atom. The zero-order chi connectivity index (χ0) is 17.9. The first-order valence-electron chi connectivity index (χ1n) is 7.86. The van der Waals surface area contributed by atoms with Crippen LogP contribution in [-0.2, 0) is 15.8 Å². The highest BCUT2D eigenvalue weighted by atomic mass is 19.4. The van der Waals surface area contributed by atoms with Crippen molar-refractivity contribution in [2.24, 2.45) is 5.92 Å². The Bertz CT molecular complexity index is 598. The van der Waals surface area contributed by atoms with Gasteiger partial charge in [-0.15, -0.1) is 0 Å². The van der Waals surface area contributed by atoms with Crippen LogP contribution in [0.5, 0.6) is 0 Å². The second kappa shape index (κ2) is 7.23. The predicted molar refractivity (Wildman–Crippen MR) is 81.4 cm³/mol. The van der Waals surface area contributed by atoms with Gasteiger partial charge in [0.1, 0.15) is 0 Å². The van der Waals surface area contributed by atoms with Crippen molar-refractivity contribution < 1.29 is 27.9 Å². The fourth-order valence-corrected chi connectivity index (χ4v) is 3.02. The van der Waals surface area contributed by atoms with Gasteiger partial charge < -0.3 is 10.4 Å². The number of carbonyl (C=O) groups excluding carboxylic acids is 1. The monoisotopic (exact) mass is 343 g/mol. The molecule has 0 aliphatic heterocycles. The van der Waals surface area contributed by atoms with E-state index < -0.39 is 23.6 Å². The fourth-order valence-electron chi connectivity index (χ4n) is 3.02. The van der Waals surface area contributed by atoms with Crippen LogP contribution in [0.3, 0.4) is 0 Å². The molecular weight excluding hydrogens is 323 g/mol. The van der Waals surface area contributed by atoms with Gasteiger partial charge in [-0.25, -0.2) is 0 Å². The second-order valence-corrected chi connectivity index (χ2v) is 6.34. The molecule has 3 atom stereocenters. The van der Waals surface area contributed by atoms with Crippen molar-refractivity contribution in [2.75, 3.05) is 0 Å². The van der Waals surface area contributed by atoms with Crippen LogP contribution >= 0.6 is 0 Å². The maximum atomic E-state index is 12.5. The lowest BCUT2D eigenvalue weighted by atomic mass is 9.96. The quantitative estimate of drug-likeness (QED) is 0.859. The van der Waals surface area contributed by atoms with Crippen LogP contribution in [0.2, 0.25) is 0 Å². The molecule has 1 aliphatic rings. The number of hydrogen-bond acceptors (Lipinski definition) is 2. The van der Waals surface area contributed by atoms with Crippen molar-refractivity contribution in [1.29, 1.82) is 0 Å².